The number of methoxy groups -OCH3 is 1. The van der Waals surface area contributed by atoms with Crippen LogP contribution in [-0.4, -0.2) is 89.1 Å². The van der Waals surface area contributed by atoms with E-state index in [0.717, 1.165) is 0 Å². The number of hydrogen-bond donors (Lipinski definition) is 4. The van der Waals surface area contributed by atoms with E-state index in [1.807, 2.05) is 13.8 Å². The first-order valence-corrected chi connectivity index (χ1v) is 14.9. The molecule has 0 aromatic heterocycles. The SMILES string of the molecule is COC(=O)C(C)(C)NC(=O)[C@@H](NC(=O)[C@@H]1CCCN1C(=O)C(C)(C)NC(=O)[C@H](CC(C)C)NC(=O)OC(C)(C)C)C(C)C. The van der Waals surface area contributed by atoms with Gasteiger partial charge in [-0.25, -0.2) is 9.59 Å². The molecule has 43 heavy (non-hydrogen) atoms. The van der Waals surface area contributed by atoms with E-state index in [1.54, 1.807) is 48.5 Å². The summed E-state index contributed by atoms with van der Waals surface area (Å²) < 4.78 is 10.1. The molecule has 4 N–H and O–H groups in total. The van der Waals surface area contributed by atoms with E-state index in [2.05, 4.69) is 21.3 Å². The smallest absolute Gasteiger partial charge is 0.408 e. The van der Waals surface area contributed by atoms with Gasteiger partial charge < -0.3 is 35.6 Å². The molecule has 1 aliphatic heterocycles. The third kappa shape index (κ3) is 11.3. The Hall–Kier alpha value is -3.38. The summed E-state index contributed by atoms with van der Waals surface area (Å²) in [6, 6.07) is -2.78. The van der Waals surface area contributed by atoms with Gasteiger partial charge in [-0.2, -0.15) is 0 Å². The number of amides is 5. The molecule has 1 aliphatic rings. The largest absolute Gasteiger partial charge is 0.467 e. The highest BCUT2D eigenvalue weighted by Gasteiger charge is 2.43. The molecule has 0 spiro atoms. The summed E-state index contributed by atoms with van der Waals surface area (Å²) in [5, 5.41) is 10.7. The fraction of sp³-hybridized carbons (Fsp3) is 0.800. The van der Waals surface area contributed by atoms with Crippen molar-refractivity contribution in [1.29, 1.82) is 0 Å². The van der Waals surface area contributed by atoms with Crippen molar-refractivity contribution >= 4 is 35.7 Å². The van der Waals surface area contributed by atoms with E-state index in [0.29, 0.717) is 19.3 Å². The molecule has 246 valence electrons. The summed E-state index contributed by atoms with van der Waals surface area (Å²) in [5.74, 6) is -3.00. The van der Waals surface area contributed by atoms with Gasteiger partial charge in [0.2, 0.25) is 23.6 Å². The molecule has 13 nitrogen and oxygen atoms in total. The van der Waals surface area contributed by atoms with Gasteiger partial charge in [0.15, 0.2) is 0 Å². The zero-order valence-electron chi connectivity index (χ0n) is 27.9. The van der Waals surface area contributed by atoms with Gasteiger partial charge >= 0.3 is 12.1 Å². The number of ether oxygens (including phenoxy) is 2. The van der Waals surface area contributed by atoms with E-state index in [9.17, 15) is 28.8 Å². The van der Waals surface area contributed by atoms with Crippen molar-refractivity contribution in [3.8, 4) is 0 Å². The summed E-state index contributed by atoms with van der Waals surface area (Å²) in [6.45, 7) is 18.8. The van der Waals surface area contributed by atoms with Crippen molar-refractivity contribution in [1.82, 2.24) is 26.2 Å². The Balaban J connectivity index is 3.05. The molecule has 0 aromatic rings. The topological polar surface area (TPSA) is 172 Å². The number of carbonyl (C=O) groups is 6. The van der Waals surface area contributed by atoms with Gasteiger partial charge in [-0.3, -0.25) is 19.2 Å². The summed E-state index contributed by atoms with van der Waals surface area (Å²) in [5.41, 5.74) is -3.48. The van der Waals surface area contributed by atoms with Gasteiger partial charge in [0.05, 0.1) is 7.11 Å². The van der Waals surface area contributed by atoms with E-state index >= 15 is 0 Å². The van der Waals surface area contributed by atoms with E-state index in [4.69, 9.17) is 9.47 Å². The Morgan fingerprint density at radius 3 is 1.88 bits per heavy atom. The first-order chi connectivity index (χ1) is 19.5. The number of esters is 1. The molecule has 0 unspecified atom stereocenters. The lowest BCUT2D eigenvalue weighted by Gasteiger charge is -2.35. The van der Waals surface area contributed by atoms with Crippen molar-refractivity contribution in [3.05, 3.63) is 0 Å². The first kappa shape index (κ1) is 37.6. The minimum Gasteiger partial charge on any atom is -0.467 e. The highest BCUT2D eigenvalue weighted by atomic mass is 16.6. The molecule has 1 saturated heterocycles. The van der Waals surface area contributed by atoms with Crippen LogP contribution in [0, 0.1) is 11.8 Å². The van der Waals surface area contributed by atoms with Gasteiger partial charge in [0.1, 0.15) is 34.8 Å². The average molecular weight is 612 g/mol. The van der Waals surface area contributed by atoms with Crippen molar-refractivity contribution in [3.63, 3.8) is 0 Å². The Labute approximate surface area is 255 Å². The number of rotatable bonds is 12. The highest BCUT2D eigenvalue weighted by molar-refractivity contribution is 5.98. The van der Waals surface area contributed by atoms with Gasteiger partial charge in [0, 0.05) is 6.54 Å². The van der Waals surface area contributed by atoms with Crippen molar-refractivity contribution < 1.29 is 38.2 Å². The number of carbonyl (C=O) groups excluding carboxylic acids is 6. The monoisotopic (exact) mass is 611 g/mol. The molecular weight excluding hydrogens is 558 g/mol. The Kier molecular flexibility index (Phi) is 13.0. The van der Waals surface area contributed by atoms with Crippen LogP contribution in [0.3, 0.4) is 0 Å². The molecule has 1 rings (SSSR count). The molecule has 1 fully saturated rings. The molecular formula is C30H53N5O8. The summed E-state index contributed by atoms with van der Waals surface area (Å²) >= 11 is 0. The molecule has 5 amide bonds. The molecule has 0 bridgehead atoms. The second kappa shape index (κ2) is 14.9. The minimum absolute atomic E-state index is 0.0560. The molecule has 0 saturated carbocycles. The predicted octanol–water partition coefficient (Wildman–Crippen LogP) is 2.02. The summed E-state index contributed by atoms with van der Waals surface area (Å²) in [7, 11) is 1.22. The van der Waals surface area contributed by atoms with Crippen molar-refractivity contribution in [2.24, 2.45) is 11.8 Å². The fourth-order valence-electron chi connectivity index (χ4n) is 4.72. The van der Waals surface area contributed by atoms with Gasteiger partial charge in [-0.1, -0.05) is 27.7 Å². The summed E-state index contributed by atoms with van der Waals surface area (Å²) in [4.78, 5) is 79.4. The lowest BCUT2D eigenvalue weighted by atomic mass is 9.98. The Morgan fingerprint density at radius 1 is 0.837 bits per heavy atom. The quantitative estimate of drug-likeness (QED) is 0.243. The third-order valence-corrected chi connectivity index (χ3v) is 6.88. The normalized spacial score (nSPS) is 17.2. The zero-order chi connectivity index (χ0) is 33.5. The lowest BCUT2D eigenvalue weighted by molar-refractivity contribution is -0.150. The second-order valence-electron chi connectivity index (χ2n) is 13.9. The van der Waals surface area contributed by atoms with Gasteiger partial charge in [-0.05, 0) is 79.6 Å². The molecule has 0 aliphatic carbocycles. The maximum atomic E-state index is 13.7. The Bertz CT molecular complexity index is 1050. The van der Waals surface area contributed by atoms with Crippen LogP contribution in [-0.2, 0) is 33.4 Å². The fourth-order valence-corrected chi connectivity index (χ4v) is 4.72. The van der Waals surface area contributed by atoms with Crippen LogP contribution in [0.25, 0.3) is 0 Å². The van der Waals surface area contributed by atoms with Crippen LogP contribution in [0.2, 0.25) is 0 Å². The van der Waals surface area contributed by atoms with Crippen LogP contribution in [0.5, 0.6) is 0 Å². The van der Waals surface area contributed by atoms with Gasteiger partial charge in [-0.15, -0.1) is 0 Å². The molecule has 0 radical (unpaired) electrons. The molecule has 0 aromatic carbocycles. The third-order valence-electron chi connectivity index (χ3n) is 6.88. The van der Waals surface area contributed by atoms with E-state index in [-0.39, 0.29) is 18.4 Å². The molecule has 13 heteroatoms. The van der Waals surface area contributed by atoms with Crippen LogP contribution in [0.4, 0.5) is 4.79 Å². The van der Waals surface area contributed by atoms with Crippen LogP contribution < -0.4 is 21.3 Å². The Morgan fingerprint density at radius 2 is 1.40 bits per heavy atom. The average Bonchev–Trinajstić information content (AvgIpc) is 3.33. The van der Waals surface area contributed by atoms with Gasteiger partial charge in [0.25, 0.3) is 0 Å². The zero-order valence-corrected chi connectivity index (χ0v) is 27.9. The standard InChI is InChI=1S/C30H53N5O8/c1-17(2)16-19(31-27(41)43-28(5,6)7)22(36)33-29(8,9)25(39)35-15-13-14-20(35)23(37)32-21(18(3)4)24(38)34-30(10,11)26(40)42-12/h17-21H,13-16H2,1-12H3,(H,31,41)(H,32,37)(H,33,36)(H,34,38)/t19-,20-,21-/m0/s1. The van der Waals surface area contributed by atoms with E-state index in [1.165, 1.54) is 25.9 Å². The number of alkyl carbamates (subject to hydrolysis) is 1. The van der Waals surface area contributed by atoms with Crippen LogP contribution in [0.15, 0.2) is 0 Å². The molecule has 1 heterocycles. The van der Waals surface area contributed by atoms with Crippen LogP contribution >= 0.6 is 0 Å². The van der Waals surface area contributed by atoms with Crippen molar-refractivity contribution in [2.75, 3.05) is 13.7 Å². The number of nitrogens with one attached hydrogen (secondary N) is 4. The second-order valence-corrected chi connectivity index (χ2v) is 13.9. The summed E-state index contributed by atoms with van der Waals surface area (Å²) in [6.07, 6.45) is 0.498. The number of nitrogens with zero attached hydrogens (tertiary/aromatic N) is 1. The number of likely N-dealkylation sites (tertiary alicyclic amines) is 1. The van der Waals surface area contributed by atoms with E-state index < -0.39 is 70.5 Å². The number of hydrogen-bond acceptors (Lipinski definition) is 8. The predicted molar refractivity (Wildman–Crippen MR) is 161 cm³/mol. The highest BCUT2D eigenvalue weighted by Crippen LogP contribution is 2.23. The maximum Gasteiger partial charge on any atom is 0.408 e. The molecule has 3 atom stereocenters. The first-order valence-electron chi connectivity index (χ1n) is 14.9. The minimum atomic E-state index is -1.41. The lowest BCUT2D eigenvalue weighted by Crippen LogP contribution is -2.63. The van der Waals surface area contributed by atoms with Crippen molar-refractivity contribution in [2.45, 2.75) is 130 Å². The maximum absolute atomic E-state index is 13.7. The van der Waals surface area contributed by atoms with Crippen LogP contribution in [0.1, 0.15) is 95.4 Å².